The quantitative estimate of drug-likeness (QED) is 0.781. The number of thiophene rings is 1. The van der Waals surface area contributed by atoms with Crippen LogP contribution in [0.1, 0.15) is 34.1 Å². The van der Waals surface area contributed by atoms with Crippen molar-refractivity contribution in [2.24, 2.45) is 5.92 Å². The monoisotopic (exact) mass is 331 g/mol. The van der Waals surface area contributed by atoms with E-state index in [9.17, 15) is 9.59 Å². The van der Waals surface area contributed by atoms with Crippen molar-refractivity contribution in [2.45, 2.75) is 26.2 Å². The zero-order valence-electron chi connectivity index (χ0n) is 12.6. The van der Waals surface area contributed by atoms with Gasteiger partial charge in [0.15, 0.2) is 5.82 Å². The molecule has 3 amide bonds. The van der Waals surface area contributed by atoms with Crippen molar-refractivity contribution < 1.29 is 9.59 Å². The van der Waals surface area contributed by atoms with Crippen LogP contribution < -0.4 is 16.4 Å². The lowest BCUT2D eigenvalue weighted by Crippen LogP contribution is -2.35. The number of imide groups is 1. The zero-order valence-corrected chi connectivity index (χ0v) is 13.4. The summed E-state index contributed by atoms with van der Waals surface area (Å²) in [6.45, 7) is 2.19. The van der Waals surface area contributed by atoms with E-state index in [-0.39, 0.29) is 5.82 Å². The molecule has 0 spiro atoms. The number of amides is 3. The molecular weight excluding hydrogens is 314 g/mol. The maximum atomic E-state index is 12.4. The largest absolute Gasteiger partial charge is 0.390 e. The number of fused-ring (bicyclic) bond motifs is 1. The summed E-state index contributed by atoms with van der Waals surface area (Å²) < 4.78 is 0. The van der Waals surface area contributed by atoms with Crippen molar-refractivity contribution in [3.05, 3.63) is 34.6 Å². The molecule has 2 aromatic rings. The Kier molecular flexibility index (Phi) is 4.24. The maximum absolute atomic E-state index is 12.4. The third kappa shape index (κ3) is 3.31. The van der Waals surface area contributed by atoms with E-state index >= 15 is 0 Å². The highest BCUT2D eigenvalue weighted by Crippen LogP contribution is 2.37. The molecule has 2 aromatic heterocycles. The Morgan fingerprint density at radius 2 is 2.22 bits per heavy atom. The second-order valence-corrected chi connectivity index (χ2v) is 6.73. The van der Waals surface area contributed by atoms with Crippen LogP contribution in [0, 0.1) is 5.92 Å². The molecule has 1 aliphatic carbocycles. The van der Waals surface area contributed by atoms with Gasteiger partial charge in [-0.05, 0) is 30.7 Å². The maximum Gasteiger partial charge on any atom is 0.327 e. The summed E-state index contributed by atoms with van der Waals surface area (Å²) in [6, 6.07) is -0.654. The van der Waals surface area contributed by atoms with Gasteiger partial charge in [-0.3, -0.25) is 20.4 Å². The summed E-state index contributed by atoms with van der Waals surface area (Å²) in [5, 5.41) is 5.23. The first-order chi connectivity index (χ1) is 11.0. The van der Waals surface area contributed by atoms with E-state index in [0.29, 0.717) is 16.5 Å². The van der Waals surface area contributed by atoms with Gasteiger partial charge in [0.2, 0.25) is 0 Å². The van der Waals surface area contributed by atoms with Gasteiger partial charge in [0.25, 0.3) is 5.91 Å². The average Bonchev–Trinajstić information content (AvgIpc) is 2.83. The fourth-order valence-electron chi connectivity index (χ4n) is 2.70. The average molecular weight is 331 g/mol. The van der Waals surface area contributed by atoms with Crippen molar-refractivity contribution in [3.63, 3.8) is 0 Å². The minimum absolute atomic E-state index is 0.270. The minimum Gasteiger partial charge on any atom is -0.390 e. The first-order valence-corrected chi connectivity index (χ1v) is 8.14. The molecule has 120 valence electrons. The Labute approximate surface area is 137 Å². The molecule has 3 rings (SSSR count). The van der Waals surface area contributed by atoms with Gasteiger partial charge < -0.3 is 5.73 Å². The molecule has 0 aliphatic heterocycles. The number of nitrogens with two attached hydrogens (primary N) is 1. The number of hydrogen-bond acceptors (Lipinski definition) is 6. The molecule has 4 N–H and O–H groups in total. The van der Waals surface area contributed by atoms with E-state index in [1.54, 1.807) is 0 Å². The van der Waals surface area contributed by atoms with Gasteiger partial charge in [-0.1, -0.05) is 6.92 Å². The molecule has 2 heterocycles. The summed E-state index contributed by atoms with van der Waals surface area (Å²) in [6.07, 6.45) is 7.11. The lowest BCUT2D eigenvalue weighted by Gasteiger charge is -2.18. The highest BCUT2D eigenvalue weighted by Gasteiger charge is 2.27. The van der Waals surface area contributed by atoms with E-state index in [0.717, 1.165) is 29.7 Å². The van der Waals surface area contributed by atoms with Gasteiger partial charge in [0.1, 0.15) is 0 Å². The van der Waals surface area contributed by atoms with Gasteiger partial charge in [0.05, 0.1) is 16.8 Å². The number of carbonyl (C=O) groups excluding carboxylic acids is 2. The molecule has 7 nitrogen and oxygen atoms in total. The van der Waals surface area contributed by atoms with E-state index in [1.165, 1.54) is 29.9 Å². The molecular formula is C15H17N5O2S. The third-order valence-electron chi connectivity index (χ3n) is 3.80. The number of nitrogens with zero attached hydrogens (tertiary/aromatic N) is 2. The molecule has 0 bridgehead atoms. The third-order valence-corrected chi connectivity index (χ3v) is 4.88. The highest BCUT2D eigenvalue weighted by molar-refractivity contribution is 7.16. The van der Waals surface area contributed by atoms with Crippen LogP contribution in [0.4, 0.5) is 15.6 Å². The van der Waals surface area contributed by atoms with Gasteiger partial charge in [-0.15, -0.1) is 11.3 Å². The van der Waals surface area contributed by atoms with Gasteiger partial charge >= 0.3 is 6.03 Å². The van der Waals surface area contributed by atoms with Crippen molar-refractivity contribution in [2.75, 3.05) is 11.1 Å². The normalized spacial score (nSPS) is 16.5. The lowest BCUT2D eigenvalue weighted by molar-refractivity contribution is 0.0967. The molecule has 23 heavy (non-hydrogen) atoms. The van der Waals surface area contributed by atoms with Crippen LogP contribution in [0.25, 0.3) is 0 Å². The molecule has 8 heteroatoms. The molecule has 0 fully saturated rings. The zero-order chi connectivity index (χ0) is 16.4. The van der Waals surface area contributed by atoms with Crippen LogP contribution in [0.15, 0.2) is 18.6 Å². The van der Waals surface area contributed by atoms with Crippen LogP contribution in [-0.2, 0) is 12.8 Å². The summed E-state index contributed by atoms with van der Waals surface area (Å²) >= 11 is 1.44. The molecule has 0 saturated carbocycles. The van der Waals surface area contributed by atoms with Gasteiger partial charge in [0, 0.05) is 17.3 Å². The van der Waals surface area contributed by atoms with Crippen LogP contribution in [0.5, 0.6) is 0 Å². The number of nitrogens with one attached hydrogen (secondary N) is 2. The van der Waals surface area contributed by atoms with Crippen LogP contribution in [-0.4, -0.2) is 21.9 Å². The van der Waals surface area contributed by atoms with Crippen LogP contribution in [0.2, 0.25) is 0 Å². The van der Waals surface area contributed by atoms with E-state index < -0.39 is 11.9 Å². The number of carbonyl (C=O) groups is 2. The minimum atomic E-state index is -0.654. The Morgan fingerprint density at radius 3 is 2.96 bits per heavy atom. The lowest BCUT2D eigenvalue weighted by atomic mass is 9.88. The Bertz CT molecular complexity index is 744. The number of urea groups is 1. The standard InChI is InChI=1S/C15H17N5O2S/c1-8-2-3-9-10(6-8)23-13(16)12(9)14(21)20-15(22)19-11-7-17-4-5-18-11/h4-5,7-8H,2-3,6,16H2,1H3,(H2,18,19,20,21,22). The molecule has 0 aromatic carbocycles. The Hall–Kier alpha value is -2.48. The second kappa shape index (κ2) is 6.33. The van der Waals surface area contributed by atoms with E-state index in [1.807, 2.05) is 0 Å². The number of aromatic nitrogens is 2. The predicted octanol–water partition coefficient (Wildman–Crippen LogP) is 2.21. The highest BCUT2D eigenvalue weighted by atomic mass is 32.1. The summed E-state index contributed by atoms with van der Waals surface area (Å²) in [5.41, 5.74) is 7.42. The van der Waals surface area contributed by atoms with Crippen LogP contribution in [0.3, 0.4) is 0 Å². The summed E-state index contributed by atoms with van der Waals surface area (Å²) in [5.74, 6) is 0.388. The van der Waals surface area contributed by atoms with Crippen molar-refractivity contribution >= 4 is 34.1 Å². The van der Waals surface area contributed by atoms with Gasteiger partial charge in [-0.25, -0.2) is 9.78 Å². The van der Waals surface area contributed by atoms with E-state index in [2.05, 4.69) is 27.5 Å². The molecule has 1 atom stereocenters. The van der Waals surface area contributed by atoms with Gasteiger partial charge in [-0.2, -0.15) is 0 Å². The van der Waals surface area contributed by atoms with E-state index in [4.69, 9.17) is 5.73 Å². The number of hydrogen-bond donors (Lipinski definition) is 3. The fourth-order valence-corrected chi connectivity index (χ4v) is 3.98. The first kappa shape index (κ1) is 15.4. The Morgan fingerprint density at radius 1 is 1.39 bits per heavy atom. The topological polar surface area (TPSA) is 110 Å². The van der Waals surface area contributed by atoms with Crippen molar-refractivity contribution in [1.82, 2.24) is 15.3 Å². The van der Waals surface area contributed by atoms with Crippen LogP contribution >= 0.6 is 11.3 Å². The number of rotatable bonds is 2. The predicted molar refractivity (Wildman–Crippen MR) is 88.4 cm³/mol. The molecule has 0 radical (unpaired) electrons. The summed E-state index contributed by atoms with van der Waals surface area (Å²) in [7, 11) is 0. The fraction of sp³-hybridized carbons (Fsp3) is 0.333. The van der Waals surface area contributed by atoms with Crippen molar-refractivity contribution in [3.8, 4) is 0 Å². The molecule has 0 saturated heterocycles. The number of nitrogen functional groups attached to an aromatic ring is 1. The number of anilines is 2. The molecule has 1 unspecified atom stereocenters. The van der Waals surface area contributed by atoms with Crippen molar-refractivity contribution in [1.29, 1.82) is 0 Å². The first-order valence-electron chi connectivity index (χ1n) is 7.33. The Balaban J connectivity index is 1.73. The smallest absolute Gasteiger partial charge is 0.327 e. The second-order valence-electron chi connectivity index (χ2n) is 5.59. The SMILES string of the molecule is CC1CCc2c(sc(N)c2C(=O)NC(=O)Nc2cnccn2)C1. The summed E-state index contributed by atoms with van der Waals surface area (Å²) in [4.78, 5) is 33.2. The molecule has 1 aliphatic rings.